The third-order valence-electron chi connectivity index (χ3n) is 11.0. The topological polar surface area (TPSA) is 0 Å². The van der Waals surface area contributed by atoms with Crippen molar-refractivity contribution in [3.63, 3.8) is 0 Å². The van der Waals surface area contributed by atoms with Crippen LogP contribution in [0.1, 0.15) is 67.1 Å². The molecule has 0 atom stereocenters. The van der Waals surface area contributed by atoms with E-state index in [0.717, 1.165) is 0 Å². The van der Waals surface area contributed by atoms with Gasteiger partial charge in [0.25, 0.3) is 0 Å². The summed E-state index contributed by atoms with van der Waals surface area (Å²) in [7, 11) is 0. The standard InChI is InChI=1S/C35H26.C24H22/c1-6-16-26(17-7-1)31-32(27-18-8-2-9-19-27)34(29-22-12-4-13-23-29)35(30-24-14-5-15-25-30)33(31)28-20-10-3-11-21-28;1-19-7-3-5-9-23(19)17-15-21-11-13-22(14-12-21)16-18-24-10-6-4-8-20(24)2/h1-25,31H;3-18H,1-2H3. The zero-order chi connectivity index (χ0) is 40.2. The minimum absolute atomic E-state index is 0.117. The van der Waals surface area contributed by atoms with E-state index in [1.54, 1.807) is 0 Å². The van der Waals surface area contributed by atoms with E-state index in [4.69, 9.17) is 0 Å². The van der Waals surface area contributed by atoms with Crippen molar-refractivity contribution in [3.8, 4) is 0 Å². The van der Waals surface area contributed by atoms with E-state index in [9.17, 15) is 0 Å². The van der Waals surface area contributed by atoms with E-state index < -0.39 is 0 Å². The number of rotatable bonds is 9. The second-order valence-electron chi connectivity index (χ2n) is 14.9. The zero-order valence-corrected chi connectivity index (χ0v) is 33.7. The molecule has 0 spiro atoms. The van der Waals surface area contributed by atoms with Gasteiger partial charge in [-0.15, -0.1) is 0 Å². The molecule has 8 aromatic carbocycles. The fraction of sp³-hybridized carbons (Fsp3) is 0.0508. The fourth-order valence-electron chi connectivity index (χ4n) is 7.99. The van der Waals surface area contributed by atoms with Crippen LogP contribution < -0.4 is 0 Å². The maximum atomic E-state index is 2.27. The van der Waals surface area contributed by atoms with E-state index in [-0.39, 0.29) is 5.92 Å². The van der Waals surface area contributed by atoms with Crippen LogP contribution in [0, 0.1) is 13.8 Å². The van der Waals surface area contributed by atoms with Crippen molar-refractivity contribution < 1.29 is 0 Å². The third-order valence-corrected chi connectivity index (χ3v) is 11.0. The van der Waals surface area contributed by atoms with Crippen LogP contribution in [0.25, 0.3) is 46.6 Å². The Morgan fingerprint density at radius 2 is 0.593 bits per heavy atom. The number of benzene rings is 8. The summed E-state index contributed by atoms with van der Waals surface area (Å²) in [4.78, 5) is 0. The summed E-state index contributed by atoms with van der Waals surface area (Å²) in [5.41, 5.74) is 19.2. The van der Waals surface area contributed by atoms with Gasteiger partial charge >= 0.3 is 0 Å². The molecule has 0 bridgehead atoms. The molecule has 0 fully saturated rings. The highest BCUT2D eigenvalue weighted by atomic mass is 14.4. The largest absolute Gasteiger partial charge is 0.0622 e. The van der Waals surface area contributed by atoms with Gasteiger partial charge in [-0.1, -0.05) is 249 Å². The minimum atomic E-state index is 0.117. The molecule has 0 aliphatic heterocycles. The SMILES string of the molecule is Cc1ccccc1C=Cc1ccc(C=Cc2ccccc2C)cc1.c1ccc(C2=C(c3ccccc3)C(c3ccccc3)C(c3ccccc3)=C2c2ccccc2)cc1. The Morgan fingerprint density at radius 1 is 0.288 bits per heavy atom. The van der Waals surface area contributed by atoms with Crippen molar-refractivity contribution in [2.45, 2.75) is 19.8 Å². The van der Waals surface area contributed by atoms with Crippen LogP contribution in [-0.2, 0) is 0 Å². The van der Waals surface area contributed by atoms with Crippen LogP contribution >= 0.6 is 0 Å². The van der Waals surface area contributed by atoms with Gasteiger partial charge in [-0.2, -0.15) is 0 Å². The average molecular weight is 757 g/mol. The molecule has 8 aromatic rings. The van der Waals surface area contributed by atoms with Gasteiger partial charge < -0.3 is 0 Å². The number of aryl methyl sites for hydroxylation is 2. The predicted octanol–water partition coefficient (Wildman–Crippen LogP) is 15.7. The summed E-state index contributed by atoms with van der Waals surface area (Å²) in [5, 5.41) is 0. The summed E-state index contributed by atoms with van der Waals surface area (Å²) in [6, 6.07) is 80.0. The lowest BCUT2D eigenvalue weighted by Crippen LogP contribution is -2.03. The first-order chi connectivity index (χ1) is 29.1. The van der Waals surface area contributed by atoms with Crippen molar-refractivity contribution in [1.29, 1.82) is 0 Å². The summed E-state index contributed by atoms with van der Waals surface area (Å²) in [6.45, 7) is 4.28. The lowest BCUT2D eigenvalue weighted by molar-refractivity contribution is 1.14. The van der Waals surface area contributed by atoms with Gasteiger partial charge in [0, 0.05) is 5.92 Å². The highest BCUT2D eigenvalue weighted by molar-refractivity contribution is 6.29. The van der Waals surface area contributed by atoms with Crippen molar-refractivity contribution in [2.24, 2.45) is 0 Å². The van der Waals surface area contributed by atoms with Crippen molar-refractivity contribution in [2.75, 3.05) is 0 Å². The van der Waals surface area contributed by atoms with Crippen LogP contribution in [0.15, 0.2) is 224 Å². The molecule has 0 saturated heterocycles. The van der Waals surface area contributed by atoms with E-state index >= 15 is 0 Å². The summed E-state index contributed by atoms with van der Waals surface area (Å²) >= 11 is 0. The van der Waals surface area contributed by atoms with E-state index in [2.05, 4.69) is 263 Å². The molecule has 0 nitrogen and oxygen atoms in total. The van der Waals surface area contributed by atoms with Gasteiger partial charge in [-0.25, -0.2) is 0 Å². The van der Waals surface area contributed by atoms with Gasteiger partial charge in [-0.05, 0) is 97.3 Å². The van der Waals surface area contributed by atoms with Crippen LogP contribution in [0.2, 0.25) is 0 Å². The molecule has 0 unspecified atom stereocenters. The van der Waals surface area contributed by atoms with Crippen LogP contribution in [-0.4, -0.2) is 0 Å². The van der Waals surface area contributed by atoms with Gasteiger partial charge in [0.2, 0.25) is 0 Å². The van der Waals surface area contributed by atoms with Crippen LogP contribution in [0.3, 0.4) is 0 Å². The normalized spacial score (nSPS) is 12.9. The molecule has 0 heteroatoms. The molecule has 1 aliphatic rings. The maximum Gasteiger partial charge on any atom is 0.0364 e. The first-order valence-corrected chi connectivity index (χ1v) is 20.5. The molecular formula is C59H48. The molecule has 0 aromatic heterocycles. The van der Waals surface area contributed by atoms with E-state index in [0.29, 0.717) is 0 Å². The Balaban J connectivity index is 0.000000177. The number of allylic oxidation sites excluding steroid dienone is 4. The second kappa shape index (κ2) is 18.8. The first-order valence-electron chi connectivity index (χ1n) is 20.5. The Labute approximate surface area is 350 Å². The first kappa shape index (κ1) is 38.6. The Kier molecular flexibility index (Phi) is 12.3. The zero-order valence-electron chi connectivity index (χ0n) is 33.7. The molecule has 0 amide bonds. The Hall–Kier alpha value is -7.28. The molecule has 284 valence electrons. The molecule has 1 aliphatic carbocycles. The second-order valence-corrected chi connectivity index (χ2v) is 14.9. The minimum Gasteiger partial charge on any atom is -0.0622 e. The van der Waals surface area contributed by atoms with E-state index in [1.807, 2.05) is 0 Å². The summed E-state index contributed by atoms with van der Waals surface area (Å²) in [6.07, 6.45) is 8.68. The molecule has 9 rings (SSSR count). The van der Waals surface area contributed by atoms with Crippen molar-refractivity contribution in [1.82, 2.24) is 0 Å². The Bertz CT molecular complexity index is 2540. The molecule has 0 heterocycles. The highest BCUT2D eigenvalue weighted by Gasteiger charge is 2.37. The smallest absolute Gasteiger partial charge is 0.0364 e. The summed E-state index contributed by atoms with van der Waals surface area (Å²) < 4.78 is 0. The molecule has 0 saturated carbocycles. The highest BCUT2D eigenvalue weighted by Crippen LogP contribution is 2.58. The average Bonchev–Trinajstić information content (AvgIpc) is 3.67. The van der Waals surface area contributed by atoms with E-state index in [1.165, 1.54) is 83.5 Å². The maximum absolute atomic E-state index is 2.27. The predicted molar refractivity (Wildman–Crippen MR) is 255 cm³/mol. The molecule has 0 radical (unpaired) electrons. The molecule has 59 heavy (non-hydrogen) atoms. The Morgan fingerprint density at radius 3 is 0.949 bits per heavy atom. The number of hydrogen-bond donors (Lipinski definition) is 0. The van der Waals surface area contributed by atoms with Crippen molar-refractivity contribution >= 4 is 46.6 Å². The van der Waals surface area contributed by atoms with Crippen LogP contribution in [0.5, 0.6) is 0 Å². The number of hydrogen-bond acceptors (Lipinski definition) is 0. The fourth-order valence-corrected chi connectivity index (χ4v) is 7.99. The van der Waals surface area contributed by atoms with Gasteiger partial charge in [0.05, 0.1) is 0 Å². The lowest BCUT2D eigenvalue weighted by Gasteiger charge is -2.22. The van der Waals surface area contributed by atoms with Crippen LogP contribution in [0.4, 0.5) is 0 Å². The lowest BCUT2D eigenvalue weighted by atomic mass is 9.81. The monoisotopic (exact) mass is 756 g/mol. The quantitative estimate of drug-likeness (QED) is 0.129. The van der Waals surface area contributed by atoms with Gasteiger partial charge in [0.15, 0.2) is 0 Å². The van der Waals surface area contributed by atoms with Gasteiger partial charge in [0.1, 0.15) is 0 Å². The molecular weight excluding hydrogens is 709 g/mol. The van der Waals surface area contributed by atoms with Crippen molar-refractivity contribution in [3.05, 3.63) is 286 Å². The summed E-state index contributed by atoms with van der Waals surface area (Å²) in [5.74, 6) is 0.117. The van der Waals surface area contributed by atoms with Gasteiger partial charge in [-0.3, -0.25) is 0 Å². The molecule has 0 N–H and O–H groups in total. The third kappa shape index (κ3) is 9.15.